The fraction of sp³-hybridized carbons (Fsp3) is 0.500. The molecule has 1 aromatic carbocycles. The first-order chi connectivity index (χ1) is 8.67. The molecule has 1 heterocycles. The highest BCUT2D eigenvalue weighted by Gasteiger charge is 2.54. The van der Waals surface area contributed by atoms with Crippen molar-refractivity contribution in [3.8, 4) is 0 Å². The maximum absolute atomic E-state index is 12.3. The number of benzene rings is 1. The van der Waals surface area contributed by atoms with Crippen LogP contribution in [0.15, 0.2) is 30.3 Å². The number of sulfonamides is 1. The Labute approximate surface area is 114 Å². The zero-order valence-corrected chi connectivity index (χ0v) is 12.6. The summed E-state index contributed by atoms with van der Waals surface area (Å²) in [5, 5.41) is 0. The molecule has 0 aromatic heterocycles. The van der Waals surface area contributed by atoms with Crippen molar-refractivity contribution in [1.29, 1.82) is 0 Å². The predicted molar refractivity (Wildman–Crippen MR) is 74.0 cm³/mol. The van der Waals surface area contributed by atoms with Gasteiger partial charge < -0.3 is 0 Å². The molecule has 1 aliphatic heterocycles. The van der Waals surface area contributed by atoms with Crippen LogP contribution in [-0.2, 0) is 19.9 Å². The lowest BCUT2D eigenvalue weighted by molar-refractivity contribution is 0.393. The summed E-state index contributed by atoms with van der Waals surface area (Å²) in [6.45, 7) is 1.74. The number of hydrogen-bond donors (Lipinski definition) is 0. The van der Waals surface area contributed by atoms with Crippen LogP contribution in [0.3, 0.4) is 0 Å². The van der Waals surface area contributed by atoms with E-state index in [1.54, 1.807) is 31.2 Å². The van der Waals surface area contributed by atoms with Gasteiger partial charge in [-0.2, -0.15) is 0 Å². The molecule has 1 aliphatic rings. The minimum absolute atomic E-state index is 0.382. The van der Waals surface area contributed by atoms with E-state index in [0.717, 1.165) is 16.1 Å². The third-order valence-electron chi connectivity index (χ3n) is 3.69. The minimum atomic E-state index is -3.82. The molecule has 2 rings (SSSR count). The van der Waals surface area contributed by atoms with Crippen LogP contribution >= 0.6 is 0 Å². The monoisotopic (exact) mass is 303 g/mol. The highest BCUT2D eigenvalue weighted by Crippen LogP contribution is 2.41. The topological polar surface area (TPSA) is 71.5 Å². The summed E-state index contributed by atoms with van der Waals surface area (Å²) in [7, 11) is -6.10. The Bertz CT molecular complexity index is 667. The zero-order valence-electron chi connectivity index (χ0n) is 11.0. The Kier molecular flexibility index (Phi) is 3.49. The average molecular weight is 303 g/mol. The third kappa shape index (κ3) is 2.30. The molecule has 0 amide bonds. The molecule has 0 unspecified atom stereocenters. The van der Waals surface area contributed by atoms with Crippen molar-refractivity contribution in [3.05, 3.63) is 35.9 Å². The van der Waals surface area contributed by atoms with E-state index in [1.807, 2.05) is 6.07 Å². The first kappa shape index (κ1) is 14.5. The summed E-state index contributed by atoms with van der Waals surface area (Å²) >= 11 is 0. The number of likely N-dealkylation sites (N-methyl/N-ethyl adjacent to an activating group) is 1. The molecule has 106 valence electrons. The van der Waals surface area contributed by atoms with Gasteiger partial charge in [-0.15, -0.1) is 0 Å². The van der Waals surface area contributed by atoms with E-state index in [4.69, 9.17) is 0 Å². The van der Waals surface area contributed by atoms with Crippen molar-refractivity contribution in [3.63, 3.8) is 0 Å². The summed E-state index contributed by atoms with van der Waals surface area (Å²) in [6, 6.07) is 8.55. The SMILES string of the molecule is C[C@@H]1[C@@H](c2ccccc2)[C@H](S(C)(=O)=O)S(=O)(=O)N1C. The van der Waals surface area contributed by atoms with E-state index in [2.05, 4.69) is 0 Å². The minimum Gasteiger partial charge on any atom is -0.228 e. The normalized spacial score (nSPS) is 31.4. The lowest BCUT2D eigenvalue weighted by Crippen LogP contribution is -2.33. The van der Waals surface area contributed by atoms with Gasteiger partial charge in [-0.3, -0.25) is 0 Å². The first-order valence-electron chi connectivity index (χ1n) is 5.88. The Morgan fingerprint density at radius 1 is 1.16 bits per heavy atom. The van der Waals surface area contributed by atoms with Crippen molar-refractivity contribution >= 4 is 19.9 Å². The summed E-state index contributed by atoms with van der Waals surface area (Å²) in [5.74, 6) is -0.564. The molecule has 1 saturated heterocycles. The van der Waals surface area contributed by atoms with E-state index >= 15 is 0 Å². The average Bonchev–Trinajstić information content (AvgIpc) is 2.50. The van der Waals surface area contributed by atoms with Crippen LogP contribution in [0.4, 0.5) is 0 Å². The summed E-state index contributed by atoms with van der Waals surface area (Å²) < 4.78 is 48.2. The van der Waals surface area contributed by atoms with Crippen molar-refractivity contribution in [1.82, 2.24) is 4.31 Å². The van der Waals surface area contributed by atoms with Crippen molar-refractivity contribution in [2.75, 3.05) is 13.3 Å². The number of hydrogen-bond acceptors (Lipinski definition) is 4. The van der Waals surface area contributed by atoms with E-state index in [1.165, 1.54) is 7.05 Å². The lowest BCUT2D eigenvalue weighted by atomic mass is 9.94. The van der Waals surface area contributed by atoms with E-state index < -0.39 is 30.4 Å². The Hall–Kier alpha value is -0.920. The highest BCUT2D eigenvalue weighted by molar-refractivity contribution is 8.08. The quantitative estimate of drug-likeness (QED) is 0.810. The second kappa shape index (κ2) is 4.57. The molecule has 1 aromatic rings. The van der Waals surface area contributed by atoms with Crippen molar-refractivity contribution in [2.45, 2.75) is 23.5 Å². The molecular formula is C12H17NO4S2. The molecule has 0 saturated carbocycles. The molecule has 0 radical (unpaired) electrons. The molecule has 3 atom stereocenters. The summed E-state index contributed by atoms with van der Waals surface area (Å²) in [4.78, 5) is 0. The summed E-state index contributed by atoms with van der Waals surface area (Å²) in [5.41, 5.74) is 0.735. The van der Waals surface area contributed by atoms with Gasteiger partial charge in [0.15, 0.2) is 14.4 Å². The molecule has 1 fully saturated rings. The number of sulfone groups is 1. The second-order valence-corrected chi connectivity index (χ2v) is 9.52. The van der Waals surface area contributed by atoms with Crippen LogP contribution in [0.2, 0.25) is 0 Å². The van der Waals surface area contributed by atoms with Gasteiger partial charge in [0.25, 0.3) is 0 Å². The Morgan fingerprint density at radius 3 is 2.16 bits per heavy atom. The van der Waals surface area contributed by atoms with Gasteiger partial charge in [0, 0.05) is 25.3 Å². The fourth-order valence-electron chi connectivity index (χ4n) is 2.63. The van der Waals surface area contributed by atoms with Crippen LogP contribution in [-0.4, -0.2) is 45.1 Å². The van der Waals surface area contributed by atoms with Crippen LogP contribution < -0.4 is 0 Å². The van der Waals surface area contributed by atoms with Crippen LogP contribution in [0.5, 0.6) is 0 Å². The number of nitrogens with zero attached hydrogens (tertiary/aromatic N) is 1. The molecule has 5 nitrogen and oxygen atoms in total. The van der Waals surface area contributed by atoms with Crippen LogP contribution in [0, 0.1) is 0 Å². The van der Waals surface area contributed by atoms with Gasteiger partial charge >= 0.3 is 0 Å². The molecule has 0 aliphatic carbocycles. The van der Waals surface area contributed by atoms with E-state index in [9.17, 15) is 16.8 Å². The Morgan fingerprint density at radius 2 is 1.68 bits per heavy atom. The smallest absolute Gasteiger partial charge is 0.228 e. The lowest BCUT2D eigenvalue weighted by Gasteiger charge is -2.19. The van der Waals surface area contributed by atoms with E-state index in [0.29, 0.717) is 0 Å². The van der Waals surface area contributed by atoms with Crippen LogP contribution in [0.1, 0.15) is 18.4 Å². The molecule has 19 heavy (non-hydrogen) atoms. The van der Waals surface area contributed by atoms with Gasteiger partial charge in [-0.05, 0) is 12.5 Å². The first-order valence-corrected chi connectivity index (χ1v) is 9.34. The molecule has 0 bridgehead atoms. The fourth-order valence-corrected chi connectivity index (χ4v) is 7.40. The standard InChI is InChI=1S/C12H17NO4S2/c1-9-11(10-7-5-4-6-8-10)12(18(3,14)15)19(16,17)13(9)2/h4-9,11-12H,1-3H3/t9-,11+,12-/m1/s1. The van der Waals surface area contributed by atoms with Gasteiger partial charge in [-0.1, -0.05) is 30.3 Å². The predicted octanol–water partition coefficient (Wildman–Crippen LogP) is 0.805. The van der Waals surface area contributed by atoms with Gasteiger partial charge in [0.1, 0.15) is 0 Å². The maximum atomic E-state index is 12.3. The maximum Gasteiger partial charge on any atom is 0.232 e. The Balaban J connectivity index is 2.65. The molecule has 0 spiro atoms. The zero-order chi connectivity index (χ0) is 14.4. The molecule has 0 N–H and O–H groups in total. The van der Waals surface area contributed by atoms with Gasteiger partial charge in [0.2, 0.25) is 10.0 Å². The van der Waals surface area contributed by atoms with Crippen molar-refractivity contribution in [2.24, 2.45) is 0 Å². The number of rotatable bonds is 2. The largest absolute Gasteiger partial charge is 0.232 e. The third-order valence-corrected chi connectivity index (χ3v) is 8.62. The van der Waals surface area contributed by atoms with Crippen LogP contribution in [0.25, 0.3) is 0 Å². The summed E-state index contributed by atoms with van der Waals surface area (Å²) in [6.07, 6.45) is 0.983. The van der Waals surface area contributed by atoms with Gasteiger partial charge in [0.05, 0.1) is 0 Å². The highest BCUT2D eigenvalue weighted by atomic mass is 32.3. The molecule has 7 heteroatoms. The van der Waals surface area contributed by atoms with Crippen molar-refractivity contribution < 1.29 is 16.8 Å². The van der Waals surface area contributed by atoms with Gasteiger partial charge in [-0.25, -0.2) is 21.1 Å². The molecular weight excluding hydrogens is 286 g/mol. The second-order valence-electron chi connectivity index (χ2n) is 4.94. The van der Waals surface area contributed by atoms with E-state index in [-0.39, 0.29) is 6.04 Å².